The Kier molecular flexibility index (Phi) is 11.3. The van der Waals surface area contributed by atoms with Crippen molar-refractivity contribution in [3.05, 3.63) is 76.7 Å². The minimum atomic E-state index is -2.45. The largest absolute Gasteiger partial charge is 0.755 e. The summed E-state index contributed by atoms with van der Waals surface area (Å²) in [5.41, 5.74) is 0.853. The molecule has 2 unspecified atom stereocenters. The molecule has 0 aliphatic heterocycles. The van der Waals surface area contributed by atoms with Crippen molar-refractivity contribution in [1.29, 1.82) is 0 Å². The van der Waals surface area contributed by atoms with Gasteiger partial charge in [-0.25, -0.2) is 4.79 Å². The molecule has 0 amide bonds. The second kappa shape index (κ2) is 14.1. The van der Waals surface area contributed by atoms with E-state index in [0.29, 0.717) is 16.5 Å². The fourth-order valence-corrected chi connectivity index (χ4v) is 7.40. The Morgan fingerprint density at radius 2 is 1.64 bits per heavy atom. The van der Waals surface area contributed by atoms with Crippen LogP contribution in [0.5, 0.6) is 0 Å². The molecular weight excluding hydrogens is 569 g/mol. The third-order valence-electron chi connectivity index (χ3n) is 7.01. The van der Waals surface area contributed by atoms with Crippen LogP contribution in [0, 0.1) is 11.8 Å². The maximum Gasteiger partial charge on any atom is 0.334 e. The summed E-state index contributed by atoms with van der Waals surface area (Å²) < 4.78 is 31.6. The Morgan fingerprint density at radius 1 is 1.02 bits per heavy atom. The molecule has 0 radical (unpaired) electrons. The van der Waals surface area contributed by atoms with Crippen LogP contribution >= 0.6 is 11.3 Å². The summed E-state index contributed by atoms with van der Waals surface area (Å²) in [6.45, 7) is 15.7. The van der Waals surface area contributed by atoms with Crippen molar-refractivity contribution in [1.82, 2.24) is 5.32 Å². The molecule has 0 aliphatic rings. The van der Waals surface area contributed by atoms with E-state index in [-0.39, 0.29) is 24.9 Å². The fraction of sp³-hybridized carbons (Fsp3) is 0.455. The number of nitrogens with zero attached hydrogens (tertiary/aromatic N) is 1. The maximum atomic E-state index is 13.8. The van der Waals surface area contributed by atoms with Gasteiger partial charge in [0.2, 0.25) is 0 Å². The molecule has 2 atom stereocenters. The van der Waals surface area contributed by atoms with Crippen LogP contribution in [-0.4, -0.2) is 38.2 Å². The third-order valence-corrected chi connectivity index (χ3v) is 9.30. The first kappa shape index (κ1) is 33.6. The molecule has 0 aliphatic carbocycles. The number of ketones is 1. The van der Waals surface area contributed by atoms with Crippen LogP contribution in [0.1, 0.15) is 76.2 Å². The number of benzene rings is 2. The Balaban J connectivity index is 1.98. The zero-order chi connectivity index (χ0) is 31.2. The number of hydrogen-bond acceptors (Lipinski definition) is 7. The Bertz CT molecular complexity index is 1380. The van der Waals surface area contributed by atoms with Crippen molar-refractivity contribution in [2.75, 3.05) is 10.9 Å². The molecule has 1 aromatic heterocycles. The van der Waals surface area contributed by atoms with Gasteiger partial charge in [0.15, 0.2) is 11.3 Å². The highest BCUT2D eigenvalue weighted by Gasteiger charge is 2.50. The molecule has 228 valence electrons. The van der Waals surface area contributed by atoms with Gasteiger partial charge < -0.3 is 9.29 Å². The van der Waals surface area contributed by atoms with E-state index in [1.54, 1.807) is 31.2 Å². The van der Waals surface area contributed by atoms with E-state index < -0.39 is 28.3 Å². The lowest BCUT2D eigenvalue weighted by Crippen LogP contribution is -2.62. The van der Waals surface area contributed by atoms with E-state index in [1.807, 2.05) is 65.0 Å². The third kappa shape index (κ3) is 7.56. The average molecular weight is 612 g/mol. The number of Topliss-reactive ketones (excluding diaryl/α,β-unsaturated/α-hetero) is 1. The van der Waals surface area contributed by atoms with Crippen molar-refractivity contribution in [3.8, 4) is 11.1 Å². The lowest BCUT2D eigenvalue weighted by atomic mass is 9.79. The summed E-state index contributed by atoms with van der Waals surface area (Å²) in [6.07, 6.45) is 0.851. The first-order chi connectivity index (χ1) is 19.7. The van der Waals surface area contributed by atoms with Gasteiger partial charge >= 0.3 is 5.97 Å². The number of thiophene rings is 1. The van der Waals surface area contributed by atoms with E-state index in [4.69, 9.17) is 4.74 Å². The van der Waals surface area contributed by atoms with Crippen molar-refractivity contribution < 1.29 is 23.1 Å². The normalized spacial score (nSPS) is 14.1. The van der Waals surface area contributed by atoms with E-state index in [0.717, 1.165) is 28.0 Å². The molecule has 0 fully saturated rings. The molecule has 7 nitrogen and oxygen atoms in total. The number of hydrogen-bond donors (Lipinski definition) is 1. The smallest absolute Gasteiger partial charge is 0.334 e. The lowest BCUT2D eigenvalue weighted by molar-refractivity contribution is -0.150. The molecule has 0 saturated heterocycles. The SMILES string of the molecule is CCOC(=O)C(NCc1ccc(-c2cc(CC(C)C)sc2N(S(=O)[O-])C(C)(C)C)cc1)(C(=O)c1ccccc1)C(C)C. The first-order valence-electron chi connectivity index (χ1n) is 14.4. The molecule has 2 aromatic carbocycles. The molecule has 42 heavy (non-hydrogen) atoms. The lowest BCUT2D eigenvalue weighted by Gasteiger charge is -2.38. The molecule has 3 rings (SSSR count). The molecule has 0 saturated carbocycles. The fourth-order valence-electron chi connectivity index (χ4n) is 4.94. The van der Waals surface area contributed by atoms with E-state index >= 15 is 0 Å². The highest BCUT2D eigenvalue weighted by molar-refractivity contribution is 7.81. The van der Waals surface area contributed by atoms with Gasteiger partial charge in [0, 0.05) is 39.4 Å². The van der Waals surface area contributed by atoms with Crippen LogP contribution in [0.25, 0.3) is 11.1 Å². The van der Waals surface area contributed by atoms with Gasteiger partial charge in [0.05, 0.1) is 6.61 Å². The van der Waals surface area contributed by atoms with E-state index in [2.05, 4.69) is 25.2 Å². The van der Waals surface area contributed by atoms with Crippen LogP contribution in [0.4, 0.5) is 5.00 Å². The van der Waals surface area contributed by atoms with Crippen molar-refractivity contribution in [2.24, 2.45) is 11.8 Å². The molecule has 1 N–H and O–H groups in total. The quantitative estimate of drug-likeness (QED) is 0.0973. The van der Waals surface area contributed by atoms with Crippen LogP contribution < -0.4 is 9.62 Å². The van der Waals surface area contributed by atoms with Crippen LogP contribution in [0.2, 0.25) is 0 Å². The molecule has 0 bridgehead atoms. The number of nitrogens with one attached hydrogen (secondary N) is 1. The molecular formula is C33H43N2O5S2-. The second-order valence-corrected chi connectivity index (χ2v) is 14.1. The summed E-state index contributed by atoms with van der Waals surface area (Å²) in [6, 6.07) is 18.7. The number of ether oxygens (including phenoxy) is 1. The monoisotopic (exact) mass is 611 g/mol. The van der Waals surface area contributed by atoms with Gasteiger partial charge in [-0.15, -0.1) is 11.3 Å². The zero-order valence-corrected chi connectivity index (χ0v) is 27.5. The Labute approximate surface area is 257 Å². The summed E-state index contributed by atoms with van der Waals surface area (Å²) in [5, 5.41) is 3.96. The second-order valence-electron chi connectivity index (χ2n) is 12.1. The molecule has 3 aromatic rings. The number of rotatable bonds is 13. The van der Waals surface area contributed by atoms with Gasteiger partial charge in [-0.1, -0.05) is 82.3 Å². The Hall–Kier alpha value is -2.85. The van der Waals surface area contributed by atoms with Crippen molar-refractivity contribution in [3.63, 3.8) is 0 Å². The highest BCUT2D eigenvalue weighted by atomic mass is 32.2. The predicted molar refractivity (Wildman–Crippen MR) is 171 cm³/mol. The highest BCUT2D eigenvalue weighted by Crippen LogP contribution is 2.43. The minimum Gasteiger partial charge on any atom is -0.755 e. The van der Waals surface area contributed by atoms with Crippen LogP contribution in [-0.2, 0) is 33.8 Å². The topological polar surface area (TPSA) is 98.8 Å². The zero-order valence-electron chi connectivity index (χ0n) is 25.9. The molecule has 1 heterocycles. The summed E-state index contributed by atoms with van der Waals surface area (Å²) >= 11 is -0.941. The van der Waals surface area contributed by atoms with Crippen molar-refractivity contribution >= 4 is 39.4 Å². The minimum absolute atomic E-state index is 0.160. The number of anilines is 1. The number of carbonyl (C=O) groups excluding carboxylic acids is 2. The summed E-state index contributed by atoms with van der Waals surface area (Å²) in [5.74, 6) is -0.883. The molecule has 0 spiro atoms. The van der Waals surface area contributed by atoms with Gasteiger partial charge in [0.25, 0.3) is 0 Å². The van der Waals surface area contributed by atoms with E-state index in [1.165, 1.54) is 15.6 Å². The summed E-state index contributed by atoms with van der Waals surface area (Å²) in [4.78, 5) is 28.2. The predicted octanol–water partition coefficient (Wildman–Crippen LogP) is 6.94. The van der Waals surface area contributed by atoms with Crippen molar-refractivity contribution in [2.45, 2.75) is 79.4 Å². The first-order valence-corrected chi connectivity index (χ1v) is 16.2. The Morgan fingerprint density at radius 3 is 2.14 bits per heavy atom. The maximum absolute atomic E-state index is 13.8. The van der Waals surface area contributed by atoms with Gasteiger partial charge in [-0.3, -0.25) is 18.6 Å². The molecule has 9 heteroatoms. The van der Waals surface area contributed by atoms with Gasteiger partial charge in [0.1, 0.15) is 5.00 Å². The standard InChI is InChI=1S/C33H44N2O5S2/c1-9-40-31(37)33(23(4)5,29(36)26-13-11-10-12-14-26)34-21-24-15-17-25(18-16-24)28-20-27(19-22(2)3)41-30(28)35(42(38)39)32(6,7)8/h10-18,20,22-23,34H,9,19,21H2,1-8H3,(H,38,39)/p-1. The van der Waals surface area contributed by atoms with Gasteiger partial charge in [-0.05, 0) is 63.1 Å². The number of carbonyl (C=O) groups is 2. The van der Waals surface area contributed by atoms with E-state index in [9.17, 15) is 18.4 Å². The average Bonchev–Trinajstić information content (AvgIpc) is 3.30. The van der Waals surface area contributed by atoms with Crippen LogP contribution in [0.3, 0.4) is 0 Å². The summed E-state index contributed by atoms with van der Waals surface area (Å²) in [7, 11) is 0. The number of esters is 1. The van der Waals surface area contributed by atoms with Gasteiger partial charge in [-0.2, -0.15) is 0 Å². The van der Waals surface area contributed by atoms with Crippen LogP contribution in [0.15, 0.2) is 60.7 Å².